The van der Waals surface area contributed by atoms with Crippen LogP contribution >= 0.6 is 0 Å². The van der Waals surface area contributed by atoms with Gasteiger partial charge < -0.3 is 39.7 Å². The van der Waals surface area contributed by atoms with Crippen molar-refractivity contribution in [2.75, 3.05) is 40.0 Å². The van der Waals surface area contributed by atoms with Gasteiger partial charge in [0.2, 0.25) is 11.7 Å². The van der Waals surface area contributed by atoms with Crippen LogP contribution < -0.4 is 14.8 Å². The molecule has 1 aliphatic carbocycles. The lowest BCUT2D eigenvalue weighted by Gasteiger charge is -2.40. The number of Topliss-reactive ketones (excluding diaryl/α,β-unsaturated/α-hetero) is 1. The zero-order valence-corrected chi connectivity index (χ0v) is 21.4. The Morgan fingerprint density at radius 2 is 1.95 bits per heavy atom. The Morgan fingerprint density at radius 3 is 2.57 bits per heavy atom. The van der Waals surface area contributed by atoms with Crippen LogP contribution in [0.25, 0.3) is 0 Å². The minimum absolute atomic E-state index is 0.000181. The first-order valence-corrected chi connectivity index (χ1v) is 12.5. The lowest BCUT2D eigenvalue weighted by atomic mass is 9.77. The molecule has 1 aliphatic heterocycles. The number of amides is 2. The van der Waals surface area contributed by atoms with Gasteiger partial charge in [0.05, 0.1) is 32.3 Å². The minimum atomic E-state index is -1.28. The molecule has 0 spiro atoms. The van der Waals surface area contributed by atoms with E-state index in [1.165, 1.54) is 18.1 Å². The van der Waals surface area contributed by atoms with Gasteiger partial charge in [0.15, 0.2) is 11.5 Å². The fraction of sp³-hybridized carbons (Fsp3) is 0.577. The van der Waals surface area contributed by atoms with Gasteiger partial charge in [0, 0.05) is 43.9 Å². The van der Waals surface area contributed by atoms with Crippen molar-refractivity contribution in [3.8, 4) is 11.5 Å². The second kappa shape index (κ2) is 13.0. The van der Waals surface area contributed by atoms with Gasteiger partial charge in [-0.05, 0) is 37.1 Å². The summed E-state index contributed by atoms with van der Waals surface area (Å²) in [5, 5.41) is 33.1. The van der Waals surface area contributed by atoms with Crippen molar-refractivity contribution in [3.63, 3.8) is 0 Å². The predicted molar refractivity (Wildman–Crippen MR) is 132 cm³/mol. The number of ketones is 1. The monoisotopic (exact) mass is 520 g/mol. The third-order valence-corrected chi connectivity index (χ3v) is 6.57. The molecule has 11 nitrogen and oxygen atoms in total. The Kier molecular flexibility index (Phi) is 10.0. The number of carbonyl (C=O) groups is 3. The van der Waals surface area contributed by atoms with E-state index in [9.17, 15) is 29.7 Å². The number of rotatable bonds is 13. The Labute approximate surface area is 216 Å². The average Bonchev–Trinajstić information content (AvgIpc) is 3.31. The second-order valence-electron chi connectivity index (χ2n) is 8.84. The Morgan fingerprint density at radius 1 is 1.19 bits per heavy atom. The van der Waals surface area contributed by atoms with Crippen molar-refractivity contribution in [3.05, 3.63) is 34.9 Å². The molecule has 204 valence electrons. The molecule has 0 bridgehead atoms. The number of hydrogen-bond donors (Lipinski definition) is 4. The number of nitrogens with one attached hydrogen (secondary N) is 1. The molecular formula is C26H36N2O9. The average molecular weight is 521 g/mol. The van der Waals surface area contributed by atoms with Crippen LogP contribution in [0.4, 0.5) is 0 Å². The van der Waals surface area contributed by atoms with Crippen molar-refractivity contribution in [1.82, 2.24) is 10.2 Å². The van der Waals surface area contributed by atoms with Crippen LogP contribution in [0.5, 0.6) is 11.5 Å². The van der Waals surface area contributed by atoms with Gasteiger partial charge in [0.1, 0.15) is 12.2 Å². The molecule has 3 rings (SSSR count). The number of aliphatic hydroxyl groups is 3. The highest BCUT2D eigenvalue weighted by atomic mass is 16.5. The minimum Gasteiger partial charge on any atom is -0.493 e. The normalized spacial score (nSPS) is 21.8. The third-order valence-electron chi connectivity index (χ3n) is 6.57. The molecule has 1 aromatic rings. The number of aliphatic hydroxyl groups excluding tert-OH is 3. The topological polar surface area (TPSA) is 155 Å². The molecule has 0 aromatic heterocycles. The fourth-order valence-corrected chi connectivity index (χ4v) is 4.80. The summed E-state index contributed by atoms with van der Waals surface area (Å²) in [5.41, 5.74) is 1.30. The van der Waals surface area contributed by atoms with E-state index in [2.05, 4.69) is 5.32 Å². The molecule has 2 amide bonds. The summed E-state index contributed by atoms with van der Waals surface area (Å²) in [6.45, 7) is 3.85. The van der Waals surface area contributed by atoms with E-state index in [-0.39, 0.29) is 38.3 Å². The van der Waals surface area contributed by atoms with Crippen LogP contribution in [0.15, 0.2) is 23.8 Å². The standard InChI is InChI=1S/C26H36N2O9/c1-4-19(31)26(34)28(8-6-10-36-5-2)18-13-17(25(33)27-7-9-29)21-16-11-15(14-30)12-20(35-3)23(16)37-24(21)22(18)32/h11-13,18,21-22,24,29-30,32H,4-10,14H2,1-3H3,(H,27,33). The van der Waals surface area contributed by atoms with Gasteiger partial charge >= 0.3 is 0 Å². The fourth-order valence-electron chi connectivity index (χ4n) is 4.80. The first-order chi connectivity index (χ1) is 17.8. The van der Waals surface area contributed by atoms with Crippen molar-refractivity contribution in [2.24, 2.45) is 0 Å². The van der Waals surface area contributed by atoms with Crippen LogP contribution in [0.2, 0.25) is 0 Å². The molecule has 2 aliphatic rings. The van der Waals surface area contributed by atoms with Gasteiger partial charge in [-0.3, -0.25) is 14.4 Å². The van der Waals surface area contributed by atoms with E-state index in [0.29, 0.717) is 42.3 Å². The van der Waals surface area contributed by atoms with Gasteiger partial charge in [0.25, 0.3) is 5.91 Å². The third kappa shape index (κ3) is 5.96. The quantitative estimate of drug-likeness (QED) is 0.208. The smallest absolute Gasteiger partial charge is 0.290 e. The number of carbonyl (C=O) groups excluding carboxylic acids is 3. The summed E-state index contributed by atoms with van der Waals surface area (Å²) in [6.07, 6.45) is -0.345. The molecule has 1 heterocycles. The second-order valence-corrected chi connectivity index (χ2v) is 8.84. The van der Waals surface area contributed by atoms with Crippen molar-refractivity contribution in [2.45, 2.75) is 57.5 Å². The highest BCUT2D eigenvalue weighted by molar-refractivity contribution is 6.36. The SMILES string of the molecule is CCOCCCN(C(=O)C(=O)CC)C1C=C(C(=O)NCCO)C2c3cc(CO)cc(OC)c3OC2C1O. The molecular weight excluding hydrogens is 484 g/mol. The molecule has 37 heavy (non-hydrogen) atoms. The Balaban J connectivity index is 2.09. The highest BCUT2D eigenvalue weighted by Gasteiger charge is 2.51. The number of benzene rings is 1. The summed E-state index contributed by atoms with van der Waals surface area (Å²) in [7, 11) is 1.45. The summed E-state index contributed by atoms with van der Waals surface area (Å²) in [5.74, 6) is -1.95. The van der Waals surface area contributed by atoms with Crippen LogP contribution in [0.3, 0.4) is 0 Å². The number of hydrogen-bond acceptors (Lipinski definition) is 9. The summed E-state index contributed by atoms with van der Waals surface area (Å²) in [4.78, 5) is 40.0. The van der Waals surface area contributed by atoms with E-state index < -0.39 is 41.8 Å². The van der Waals surface area contributed by atoms with Gasteiger partial charge in [-0.2, -0.15) is 0 Å². The van der Waals surface area contributed by atoms with Gasteiger partial charge in [-0.15, -0.1) is 0 Å². The number of ether oxygens (including phenoxy) is 3. The zero-order chi connectivity index (χ0) is 27.1. The van der Waals surface area contributed by atoms with E-state index in [0.717, 1.165) is 0 Å². The molecule has 4 N–H and O–H groups in total. The first-order valence-electron chi connectivity index (χ1n) is 12.5. The lowest BCUT2D eigenvalue weighted by molar-refractivity contribution is -0.148. The zero-order valence-electron chi connectivity index (χ0n) is 21.4. The maximum Gasteiger partial charge on any atom is 0.290 e. The molecule has 1 aromatic carbocycles. The van der Waals surface area contributed by atoms with Crippen molar-refractivity contribution in [1.29, 1.82) is 0 Å². The molecule has 0 saturated heterocycles. The van der Waals surface area contributed by atoms with Crippen molar-refractivity contribution >= 4 is 17.6 Å². The molecule has 0 radical (unpaired) electrons. The maximum absolute atomic E-state index is 13.3. The Bertz CT molecular complexity index is 1030. The van der Waals surface area contributed by atoms with E-state index in [1.807, 2.05) is 6.92 Å². The van der Waals surface area contributed by atoms with Gasteiger partial charge in [-0.25, -0.2) is 0 Å². The van der Waals surface area contributed by atoms with E-state index in [1.54, 1.807) is 19.1 Å². The summed E-state index contributed by atoms with van der Waals surface area (Å²) >= 11 is 0. The van der Waals surface area contributed by atoms with E-state index >= 15 is 0 Å². The first kappa shape index (κ1) is 28.6. The maximum atomic E-state index is 13.3. The van der Waals surface area contributed by atoms with Crippen LogP contribution in [0.1, 0.15) is 43.7 Å². The van der Waals surface area contributed by atoms with Crippen LogP contribution in [-0.2, 0) is 25.7 Å². The molecule has 4 atom stereocenters. The van der Waals surface area contributed by atoms with Gasteiger partial charge in [-0.1, -0.05) is 6.92 Å². The number of methoxy groups -OCH3 is 1. The number of nitrogens with zero attached hydrogens (tertiary/aromatic N) is 1. The van der Waals surface area contributed by atoms with Crippen molar-refractivity contribution < 1.29 is 43.9 Å². The predicted octanol–water partition coefficient (Wildman–Crippen LogP) is 0.0444. The summed E-state index contributed by atoms with van der Waals surface area (Å²) in [6, 6.07) is 2.27. The van der Waals surface area contributed by atoms with E-state index in [4.69, 9.17) is 14.2 Å². The summed E-state index contributed by atoms with van der Waals surface area (Å²) < 4.78 is 17.0. The molecule has 0 saturated carbocycles. The molecule has 0 fully saturated rings. The largest absolute Gasteiger partial charge is 0.493 e. The number of fused-ring (bicyclic) bond motifs is 3. The van der Waals surface area contributed by atoms with Crippen LogP contribution in [0, 0.1) is 0 Å². The van der Waals surface area contributed by atoms with Crippen LogP contribution in [-0.4, -0.2) is 96.1 Å². The Hall–Kier alpha value is -2.99. The highest BCUT2D eigenvalue weighted by Crippen LogP contribution is 2.51. The molecule has 4 unspecified atom stereocenters. The lowest BCUT2D eigenvalue weighted by Crippen LogP contribution is -2.57. The molecule has 11 heteroatoms.